The molecule has 4 heteroatoms. The molecule has 0 amide bonds. The molecule has 1 radical (unpaired) electrons. The number of thiazole rings is 1. The number of thiophene rings is 1. The number of halogens is 1. The molecule has 0 bridgehead atoms. The summed E-state index contributed by atoms with van der Waals surface area (Å²) in [6, 6.07) is 4.12. The Labute approximate surface area is 80.9 Å². The molecular formula is C7H3BrNS2. The average Bonchev–Trinajstić information content (AvgIpc) is 2.55. The Morgan fingerprint density at radius 2 is 2.27 bits per heavy atom. The van der Waals surface area contributed by atoms with E-state index in [4.69, 9.17) is 0 Å². The average molecular weight is 245 g/mol. The highest BCUT2D eigenvalue weighted by Gasteiger charge is 2.01. The third-order valence-corrected chi connectivity index (χ3v) is 3.73. The maximum Gasteiger partial charge on any atom is 0.152 e. The molecule has 0 aliphatic rings. The molecule has 0 saturated heterocycles. The maximum absolute atomic E-state index is 3.89. The van der Waals surface area contributed by atoms with Gasteiger partial charge in [0.25, 0.3) is 0 Å². The Morgan fingerprint density at radius 3 is 2.82 bits per heavy atom. The van der Waals surface area contributed by atoms with Gasteiger partial charge in [0.15, 0.2) is 5.51 Å². The molecule has 0 N–H and O–H groups in total. The van der Waals surface area contributed by atoms with Gasteiger partial charge in [-0.2, -0.15) is 0 Å². The van der Waals surface area contributed by atoms with Gasteiger partial charge in [0, 0.05) is 11.1 Å². The molecule has 2 heterocycles. The highest BCUT2D eigenvalue weighted by molar-refractivity contribution is 9.11. The zero-order valence-corrected chi connectivity index (χ0v) is 8.59. The number of hydrogen-bond donors (Lipinski definition) is 0. The first-order valence-electron chi connectivity index (χ1n) is 2.94. The fourth-order valence-electron chi connectivity index (χ4n) is 0.747. The van der Waals surface area contributed by atoms with Crippen molar-refractivity contribution in [1.29, 1.82) is 0 Å². The van der Waals surface area contributed by atoms with Crippen molar-refractivity contribution >= 4 is 38.6 Å². The van der Waals surface area contributed by atoms with Gasteiger partial charge >= 0.3 is 0 Å². The topological polar surface area (TPSA) is 12.9 Å². The van der Waals surface area contributed by atoms with E-state index in [1.54, 1.807) is 22.7 Å². The highest BCUT2D eigenvalue weighted by Crippen LogP contribution is 2.32. The van der Waals surface area contributed by atoms with Crippen LogP contribution in [0, 0.1) is 5.51 Å². The molecule has 0 aliphatic heterocycles. The van der Waals surface area contributed by atoms with Gasteiger partial charge in [-0.3, -0.25) is 0 Å². The van der Waals surface area contributed by atoms with Crippen molar-refractivity contribution in [2.24, 2.45) is 0 Å². The molecule has 2 rings (SSSR count). The second kappa shape index (κ2) is 3.05. The summed E-state index contributed by atoms with van der Waals surface area (Å²) < 4.78 is 1.15. The summed E-state index contributed by atoms with van der Waals surface area (Å²) in [5.74, 6) is 0. The lowest BCUT2D eigenvalue weighted by Crippen LogP contribution is -1.57. The molecule has 0 aliphatic carbocycles. The van der Waals surface area contributed by atoms with Gasteiger partial charge in [-0.1, -0.05) is 0 Å². The van der Waals surface area contributed by atoms with Crippen molar-refractivity contribution in [3.8, 4) is 9.75 Å². The largest absolute Gasteiger partial charge is 0.241 e. The Balaban J connectivity index is 2.45. The molecule has 2 aromatic rings. The van der Waals surface area contributed by atoms with Gasteiger partial charge in [0.2, 0.25) is 0 Å². The lowest BCUT2D eigenvalue weighted by molar-refractivity contribution is 1.41. The van der Waals surface area contributed by atoms with E-state index in [1.807, 2.05) is 12.3 Å². The summed E-state index contributed by atoms with van der Waals surface area (Å²) in [5, 5.41) is 0. The van der Waals surface area contributed by atoms with Crippen molar-refractivity contribution in [1.82, 2.24) is 4.98 Å². The van der Waals surface area contributed by atoms with Crippen molar-refractivity contribution in [3.05, 3.63) is 27.6 Å². The van der Waals surface area contributed by atoms with Crippen LogP contribution in [-0.4, -0.2) is 4.98 Å². The van der Waals surface area contributed by atoms with Crippen LogP contribution in [0.5, 0.6) is 0 Å². The molecule has 55 valence electrons. The Morgan fingerprint density at radius 1 is 1.36 bits per heavy atom. The number of hydrogen-bond acceptors (Lipinski definition) is 3. The van der Waals surface area contributed by atoms with Crippen LogP contribution in [0.1, 0.15) is 0 Å². The van der Waals surface area contributed by atoms with Crippen LogP contribution in [0.2, 0.25) is 0 Å². The number of rotatable bonds is 1. The van der Waals surface area contributed by atoms with E-state index in [-0.39, 0.29) is 0 Å². The monoisotopic (exact) mass is 244 g/mol. The zero-order valence-electron chi connectivity index (χ0n) is 5.37. The van der Waals surface area contributed by atoms with E-state index < -0.39 is 0 Å². The van der Waals surface area contributed by atoms with Crippen LogP contribution in [0.25, 0.3) is 9.75 Å². The van der Waals surface area contributed by atoms with E-state index in [2.05, 4.69) is 32.5 Å². The first kappa shape index (κ1) is 7.46. The van der Waals surface area contributed by atoms with Gasteiger partial charge in [-0.25, -0.2) is 4.98 Å². The minimum absolute atomic E-state index is 1.15. The standard InChI is InChI=1S/C7H3BrNS2/c8-7-2-1-5(11-7)6-3-9-4-10-6/h1-3H. The quantitative estimate of drug-likeness (QED) is 0.750. The predicted molar refractivity (Wildman–Crippen MR) is 52.0 cm³/mol. The van der Waals surface area contributed by atoms with Crippen LogP contribution >= 0.6 is 38.6 Å². The lowest BCUT2D eigenvalue weighted by Gasteiger charge is -1.84. The van der Waals surface area contributed by atoms with E-state index >= 15 is 0 Å². The summed E-state index contributed by atoms with van der Waals surface area (Å²) >= 11 is 6.67. The zero-order chi connectivity index (χ0) is 7.68. The SMILES string of the molecule is Brc1ccc(-c2cn[c]s2)s1. The smallest absolute Gasteiger partial charge is 0.152 e. The summed E-state index contributed by atoms with van der Waals surface area (Å²) in [6.07, 6.45) is 1.84. The normalized spacial score (nSPS) is 10.3. The summed E-state index contributed by atoms with van der Waals surface area (Å²) in [4.78, 5) is 6.32. The second-order valence-electron chi connectivity index (χ2n) is 1.92. The fourth-order valence-corrected chi connectivity index (χ4v) is 2.77. The lowest BCUT2D eigenvalue weighted by atomic mass is 10.4. The Kier molecular flexibility index (Phi) is 2.07. The molecular weight excluding hydrogens is 242 g/mol. The van der Waals surface area contributed by atoms with Gasteiger partial charge < -0.3 is 0 Å². The summed E-state index contributed by atoms with van der Waals surface area (Å²) in [5.41, 5.74) is 2.82. The molecule has 11 heavy (non-hydrogen) atoms. The predicted octanol–water partition coefficient (Wildman–Crippen LogP) is 3.43. The van der Waals surface area contributed by atoms with Crippen molar-refractivity contribution < 1.29 is 0 Å². The van der Waals surface area contributed by atoms with Gasteiger partial charge in [-0.15, -0.1) is 22.7 Å². The maximum atomic E-state index is 3.89. The fraction of sp³-hybridized carbons (Fsp3) is 0. The number of aromatic nitrogens is 1. The van der Waals surface area contributed by atoms with Crippen LogP contribution in [0.4, 0.5) is 0 Å². The highest BCUT2D eigenvalue weighted by atomic mass is 79.9. The van der Waals surface area contributed by atoms with E-state index in [1.165, 1.54) is 9.75 Å². The Hall–Kier alpha value is -0.190. The molecule has 0 aromatic carbocycles. The van der Waals surface area contributed by atoms with Crippen molar-refractivity contribution in [2.45, 2.75) is 0 Å². The van der Waals surface area contributed by atoms with E-state index in [0.717, 1.165) is 3.79 Å². The van der Waals surface area contributed by atoms with Gasteiger partial charge in [-0.05, 0) is 28.1 Å². The van der Waals surface area contributed by atoms with E-state index in [9.17, 15) is 0 Å². The molecule has 0 spiro atoms. The van der Waals surface area contributed by atoms with Gasteiger partial charge in [0.05, 0.1) is 8.66 Å². The van der Waals surface area contributed by atoms with Crippen LogP contribution in [0.3, 0.4) is 0 Å². The molecule has 1 nitrogen and oxygen atoms in total. The molecule has 2 aromatic heterocycles. The van der Waals surface area contributed by atoms with Crippen molar-refractivity contribution in [3.63, 3.8) is 0 Å². The van der Waals surface area contributed by atoms with Gasteiger partial charge in [0.1, 0.15) is 0 Å². The van der Waals surface area contributed by atoms with Crippen LogP contribution in [0.15, 0.2) is 22.1 Å². The minimum Gasteiger partial charge on any atom is -0.241 e. The van der Waals surface area contributed by atoms with E-state index in [0.29, 0.717) is 0 Å². The minimum atomic E-state index is 1.15. The van der Waals surface area contributed by atoms with Crippen LogP contribution in [-0.2, 0) is 0 Å². The molecule has 0 atom stereocenters. The second-order valence-corrected chi connectivity index (χ2v) is 5.21. The van der Waals surface area contributed by atoms with Crippen molar-refractivity contribution in [2.75, 3.05) is 0 Å². The molecule has 0 saturated carbocycles. The third kappa shape index (κ3) is 1.52. The van der Waals surface area contributed by atoms with Crippen LogP contribution < -0.4 is 0 Å². The molecule has 0 unspecified atom stereocenters. The first-order chi connectivity index (χ1) is 5.36. The third-order valence-electron chi connectivity index (χ3n) is 1.21. The first-order valence-corrected chi connectivity index (χ1v) is 5.36. The molecule has 0 fully saturated rings. The summed E-state index contributed by atoms with van der Waals surface area (Å²) in [7, 11) is 0. The summed E-state index contributed by atoms with van der Waals surface area (Å²) in [6.45, 7) is 0. The number of nitrogens with zero attached hydrogens (tertiary/aromatic N) is 1. The Bertz CT molecular complexity index is 339.